The van der Waals surface area contributed by atoms with E-state index < -0.39 is 17.1 Å². The van der Waals surface area contributed by atoms with Gasteiger partial charge in [-0.25, -0.2) is 4.79 Å². The molecule has 0 spiro atoms. The lowest BCUT2D eigenvalue weighted by Gasteiger charge is -2.16. The van der Waals surface area contributed by atoms with E-state index in [0.29, 0.717) is 11.3 Å². The zero-order valence-electron chi connectivity index (χ0n) is 11.0. The number of aryl methyl sites for hydroxylation is 1. The maximum absolute atomic E-state index is 11.7. The van der Waals surface area contributed by atoms with E-state index in [9.17, 15) is 14.7 Å². The van der Waals surface area contributed by atoms with Crippen LogP contribution in [0.1, 0.15) is 19.4 Å². The number of amides is 1. The minimum atomic E-state index is -1.45. The second-order valence-electron chi connectivity index (χ2n) is 4.97. The Balaban J connectivity index is 2.43. The van der Waals surface area contributed by atoms with Gasteiger partial charge in [0.15, 0.2) is 0 Å². The molecule has 0 saturated carbocycles. The number of fused-ring (bicyclic) bond motifs is 1. The van der Waals surface area contributed by atoms with Crippen LogP contribution in [0, 0.1) is 6.92 Å². The standard InChI is InChI=1S/C14H15NO4/c1-8-6-12(16)19-11-5-4-9(7-10(8)11)15-13(17)14(2,3)18/h4-7,18H,1-3H3,(H,15,17). The van der Waals surface area contributed by atoms with E-state index in [0.717, 1.165) is 10.9 Å². The number of anilines is 1. The van der Waals surface area contributed by atoms with Gasteiger partial charge in [-0.1, -0.05) is 0 Å². The molecule has 0 aliphatic rings. The quantitative estimate of drug-likeness (QED) is 0.808. The third-order valence-corrected chi connectivity index (χ3v) is 2.76. The molecule has 0 unspecified atom stereocenters. The van der Waals surface area contributed by atoms with Crippen LogP contribution in [0.2, 0.25) is 0 Å². The highest BCUT2D eigenvalue weighted by atomic mass is 16.4. The first-order chi connectivity index (χ1) is 8.77. The first-order valence-corrected chi connectivity index (χ1v) is 5.86. The Hall–Kier alpha value is -2.14. The maximum atomic E-state index is 11.7. The summed E-state index contributed by atoms with van der Waals surface area (Å²) in [5.41, 5.74) is -0.0838. The number of hydrogen-bond donors (Lipinski definition) is 2. The summed E-state index contributed by atoms with van der Waals surface area (Å²) in [4.78, 5) is 22.9. The molecule has 0 saturated heterocycles. The summed E-state index contributed by atoms with van der Waals surface area (Å²) in [6.45, 7) is 4.61. The monoisotopic (exact) mass is 261 g/mol. The number of benzene rings is 1. The molecule has 1 aromatic heterocycles. The van der Waals surface area contributed by atoms with Crippen molar-refractivity contribution in [1.29, 1.82) is 0 Å². The van der Waals surface area contributed by atoms with Crippen molar-refractivity contribution in [2.45, 2.75) is 26.4 Å². The summed E-state index contributed by atoms with van der Waals surface area (Å²) in [5, 5.41) is 12.9. The number of aliphatic hydroxyl groups is 1. The van der Waals surface area contributed by atoms with Crippen LogP contribution in [0.4, 0.5) is 5.69 Å². The zero-order chi connectivity index (χ0) is 14.2. The van der Waals surface area contributed by atoms with Gasteiger partial charge in [-0.15, -0.1) is 0 Å². The zero-order valence-corrected chi connectivity index (χ0v) is 11.0. The molecule has 1 heterocycles. The van der Waals surface area contributed by atoms with Crippen LogP contribution in [-0.2, 0) is 4.79 Å². The summed E-state index contributed by atoms with van der Waals surface area (Å²) >= 11 is 0. The molecule has 2 aromatic rings. The SMILES string of the molecule is Cc1cc(=O)oc2ccc(NC(=O)C(C)(C)O)cc12. The molecule has 0 aliphatic carbocycles. The molecule has 5 heteroatoms. The second-order valence-corrected chi connectivity index (χ2v) is 4.97. The van der Waals surface area contributed by atoms with Crippen molar-refractivity contribution in [2.24, 2.45) is 0 Å². The lowest BCUT2D eigenvalue weighted by Crippen LogP contribution is -2.36. The number of nitrogens with one attached hydrogen (secondary N) is 1. The number of rotatable bonds is 2. The van der Waals surface area contributed by atoms with Gasteiger partial charge in [0.1, 0.15) is 11.2 Å². The molecule has 2 N–H and O–H groups in total. The molecule has 0 fully saturated rings. The van der Waals surface area contributed by atoms with Crippen molar-refractivity contribution < 1.29 is 14.3 Å². The van der Waals surface area contributed by atoms with Crippen molar-refractivity contribution >= 4 is 22.6 Å². The van der Waals surface area contributed by atoms with Crippen molar-refractivity contribution in [3.8, 4) is 0 Å². The molecule has 0 atom stereocenters. The van der Waals surface area contributed by atoms with Crippen molar-refractivity contribution in [3.05, 3.63) is 40.2 Å². The van der Waals surface area contributed by atoms with Gasteiger partial charge in [-0.3, -0.25) is 4.79 Å². The second kappa shape index (κ2) is 4.51. The van der Waals surface area contributed by atoms with Gasteiger partial charge in [-0.2, -0.15) is 0 Å². The Morgan fingerprint density at radius 2 is 2.00 bits per heavy atom. The van der Waals surface area contributed by atoms with E-state index in [-0.39, 0.29) is 0 Å². The van der Waals surface area contributed by atoms with E-state index >= 15 is 0 Å². The Bertz CT molecular complexity index is 695. The summed E-state index contributed by atoms with van der Waals surface area (Å²) < 4.78 is 5.05. The third kappa shape index (κ3) is 2.82. The first kappa shape index (κ1) is 13.3. The van der Waals surface area contributed by atoms with E-state index in [2.05, 4.69) is 5.32 Å². The molecule has 1 aromatic carbocycles. The van der Waals surface area contributed by atoms with Gasteiger partial charge in [0.25, 0.3) is 5.91 Å². The van der Waals surface area contributed by atoms with Gasteiger partial charge in [0, 0.05) is 17.1 Å². The van der Waals surface area contributed by atoms with Crippen molar-refractivity contribution in [3.63, 3.8) is 0 Å². The molecular formula is C14H15NO4. The van der Waals surface area contributed by atoms with E-state index in [1.807, 2.05) is 0 Å². The summed E-state index contributed by atoms with van der Waals surface area (Å²) in [5.74, 6) is -0.498. The smallest absolute Gasteiger partial charge is 0.336 e. The average Bonchev–Trinajstić information content (AvgIpc) is 2.28. The van der Waals surface area contributed by atoms with E-state index in [1.165, 1.54) is 19.9 Å². The van der Waals surface area contributed by atoms with E-state index in [4.69, 9.17) is 4.42 Å². The molecule has 5 nitrogen and oxygen atoms in total. The van der Waals surface area contributed by atoms with Crippen molar-refractivity contribution in [1.82, 2.24) is 0 Å². The number of carbonyl (C=O) groups excluding carboxylic acids is 1. The Morgan fingerprint density at radius 3 is 2.63 bits per heavy atom. The molecule has 0 radical (unpaired) electrons. The van der Waals surface area contributed by atoms with Gasteiger partial charge in [0.05, 0.1) is 0 Å². The largest absolute Gasteiger partial charge is 0.423 e. The lowest BCUT2D eigenvalue weighted by molar-refractivity contribution is -0.130. The molecule has 19 heavy (non-hydrogen) atoms. The van der Waals surface area contributed by atoms with Gasteiger partial charge < -0.3 is 14.8 Å². The Labute approximate surface area is 109 Å². The highest BCUT2D eigenvalue weighted by molar-refractivity contribution is 5.98. The van der Waals surface area contributed by atoms with Crippen LogP contribution in [0.3, 0.4) is 0 Å². The molecule has 100 valence electrons. The summed E-state index contributed by atoms with van der Waals surface area (Å²) in [6, 6.07) is 6.33. The minimum Gasteiger partial charge on any atom is -0.423 e. The first-order valence-electron chi connectivity index (χ1n) is 5.86. The van der Waals surface area contributed by atoms with Crippen LogP contribution >= 0.6 is 0 Å². The molecule has 1 amide bonds. The predicted molar refractivity (Wildman–Crippen MR) is 72.1 cm³/mol. The molecule has 2 rings (SSSR count). The normalized spacial score (nSPS) is 11.6. The summed E-state index contributed by atoms with van der Waals surface area (Å²) in [7, 11) is 0. The maximum Gasteiger partial charge on any atom is 0.336 e. The fourth-order valence-corrected chi connectivity index (χ4v) is 1.68. The van der Waals surface area contributed by atoms with E-state index in [1.54, 1.807) is 25.1 Å². The lowest BCUT2D eigenvalue weighted by atomic mass is 10.1. The fraction of sp³-hybridized carbons (Fsp3) is 0.286. The highest BCUT2D eigenvalue weighted by Gasteiger charge is 2.23. The van der Waals surface area contributed by atoms with Crippen LogP contribution in [-0.4, -0.2) is 16.6 Å². The molecule has 0 aliphatic heterocycles. The van der Waals surface area contributed by atoms with Crippen LogP contribution in [0.15, 0.2) is 33.5 Å². The Morgan fingerprint density at radius 1 is 1.32 bits per heavy atom. The fourth-order valence-electron chi connectivity index (χ4n) is 1.68. The third-order valence-electron chi connectivity index (χ3n) is 2.76. The van der Waals surface area contributed by atoms with Crippen LogP contribution in [0.5, 0.6) is 0 Å². The van der Waals surface area contributed by atoms with Gasteiger partial charge in [-0.05, 0) is 44.5 Å². The molecule has 0 bridgehead atoms. The average molecular weight is 261 g/mol. The number of carbonyl (C=O) groups is 1. The van der Waals surface area contributed by atoms with Gasteiger partial charge in [0.2, 0.25) is 0 Å². The van der Waals surface area contributed by atoms with Crippen LogP contribution < -0.4 is 10.9 Å². The summed E-state index contributed by atoms with van der Waals surface area (Å²) in [6.07, 6.45) is 0. The Kier molecular flexibility index (Phi) is 3.16. The van der Waals surface area contributed by atoms with Gasteiger partial charge >= 0.3 is 5.63 Å². The topological polar surface area (TPSA) is 79.5 Å². The minimum absolute atomic E-state index is 0.404. The highest BCUT2D eigenvalue weighted by Crippen LogP contribution is 2.21. The number of hydrogen-bond acceptors (Lipinski definition) is 4. The van der Waals surface area contributed by atoms with Crippen LogP contribution in [0.25, 0.3) is 11.0 Å². The predicted octanol–water partition coefficient (Wildman–Crippen LogP) is 1.81. The van der Waals surface area contributed by atoms with Crippen molar-refractivity contribution in [2.75, 3.05) is 5.32 Å². The molecular weight excluding hydrogens is 246 g/mol.